The number of nitrogens with zero attached hydrogens (tertiary/aromatic N) is 3. The Kier molecular flexibility index (Phi) is 7.90. The highest BCUT2D eigenvalue weighted by Gasteiger charge is 2.44. The van der Waals surface area contributed by atoms with E-state index in [1.807, 2.05) is 19.1 Å². The Bertz CT molecular complexity index is 893. The maximum absolute atomic E-state index is 13.0. The third-order valence-electron chi connectivity index (χ3n) is 6.45. The Morgan fingerprint density at radius 1 is 1.39 bits per heavy atom. The van der Waals surface area contributed by atoms with E-state index in [1.165, 1.54) is 0 Å². The summed E-state index contributed by atoms with van der Waals surface area (Å²) in [5.41, 5.74) is 2.61. The summed E-state index contributed by atoms with van der Waals surface area (Å²) in [5, 5.41) is 14.5. The second-order valence-corrected chi connectivity index (χ2v) is 9.07. The number of nitrogens with one attached hydrogen (secondary N) is 1. The van der Waals surface area contributed by atoms with Crippen LogP contribution in [0.15, 0.2) is 39.6 Å². The number of amides is 2. The molecular formula is C23H32N4O5S. The minimum atomic E-state index is -1.04. The van der Waals surface area contributed by atoms with Crippen LogP contribution in [0.1, 0.15) is 26.2 Å². The van der Waals surface area contributed by atoms with Gasteiger partial charge in [0, 0.05) is 38.2 Å². The highest BCUT2D eigenvalue weighted by Crippen LogP contribution is 2.36. The van der Waals surface area contributed by atoms with Gasteiger partial charge in [-0.05, 0) is 31.2 Å². The minimum Gasteiger partial charge on any atom is -0.488 e. The van der Waals surface area contributed by atoms with Gasteiger partial charge in [0.1, 0.15) is 18.6 Å². The normalized spacial score (nSPS) is 29.4. The number of hydrogen-bond acceptors (Lipinski definition) is 8. The molecule has 1 aliphatic carbocycles. The van der Waals surface area contributed by atoms with Crippen molar-refractivity contribution >= 4 is 30.2 Å². The highest BCUT2D eigenvalue weighted by atomic mass is 32.1. The highest BCUT2D eigenvalue weighted by molar-refractivity contribution is 7.83. The van der Waals surface area contributed by atoms with Crippen LogP contribution in [-0.4, -0.2) is 90.7 Å². The molecule has 0 aromatic heterocycles. The van der Waals surface area contributed by atoms with E-state index < -0.39 is 12.3 Å². The van der Waals surface area contributed by atoms with Crippen molar-refractivity contribution in [3.05, 3.63) is 34.6 Å². The summed E-state index contributed by atoms with van der Waals surface area (Å²) in [6.07, 6.45) is 4.20. The van der Waals surface area contributed by atoms with Crippen LogP contribution in [0.5, 0.6) is 0 Å². The van der Waals surface area contributed by atoms with E-state index in [1.54, 1.807) is 10.3 Å². The van der Waals surface area contributed by atoms with Crippen LogP contribution in [0.2, 0.25) is 0 Å². The van der Waals surface area contributed by atoms with E-state index in [0.29, 0.717) is 44.7 Å². The van der Waals surface area contributed by atoms with Crippen LogP contribution >= 0.6 is 12.6 Å². The lowest BCUT2D eigenvalue weighted by atomic mass is 9.93. The second kappa shape index (κ2) is 10.9. The van der Waals surface area contributed by atoms with Crippen LogP contribution in [0.3, 0.4) is 0 Å². The van der Waals surface area contributed by atoms with Gasteiger partial charge >= 0.3 is 0 Å². The SMILES string of the molecule is CC(COC1=C2CN(C3CCC(=O)NC3O)C(=O)C2CC=C1)=N/C(=C\S)CN1CCOCC1. The lowest BCUT2D eigenvalue weighted by molar-refractivity contribution is -0.141. The standard InChI is InChI=1S/C23H32N4O5S/c1-15(24-16(14-33)11-26-7-9-31-10-8-26)13-32-20-4-2-3-17-18(20)12-27(23(17)30)19-5-6-21(28)25-22(19)29/h2,4,14,17,19,22,29,33H,3,5-13H2,1H3,(H,25,28)/b16-14-,24-15?. The van der Waals surface area contributed by atoms with Crippen LogP contribution in [0.25, 0.3) is 0 Å². The third-order valence-corrected chi connectivity index (χ3v) is 6.75. The molecule has 2 N–H and O–H groups in total. The number of aliphatic hydroxyl groups is 1. The predicted molar refractivity (Wildman–Crippen MR) is 127 cm³/mol. The molecule has 3 saturated heterocycles. The first-order valence-corrected chi connectivity index (χ1v) is 12.0. The molecule has 0 spiro atoms. The van der Waals surface area contributed by atoms with Crippen molar-refractivity contribution in [2.24, 2.45) is 10.9 Å². The van der Waals surface area contributed by atoms with Crippen LogP contribution in [0.4, 0.5) is 0 Å². The first kappa shape index (κ1) is 24.0. The molecule has 10 heteroatoms. The average molecular weight is 477 g/mol. The van der Waals surface area contributed by atoms with Crippen molar-refractivity contribution in [1.29, 1.82) is 0 Å². The first-order chi connectivity index (χ1) is 16.0. The Hall–Kier alpha value is -2.14. The fourth-order valence-electron chi connectivity index (χ4n) is 4.70. The zero-order valence-electron chi connectivity index (χ0n) is 18.9. The Morgan fingerprint density at radius 3 is 2.91 bits per heavy atom. The number of aliphatic hydroxyl groups excluding tert-OH is 1. The molecule has 0 aromatic carbocycles. The van der Waals surface area contributed by atoms with Crippen LogP contribution in [-0.2, 0) is 19.1 Å². The molecule has 3 unspecified atom stereocenters. The Labute approximate surface area is 199 Å². The monoisotopic (exact) mass is 476 g/mol. The first-order valence-electron chi connectivity index (χ1n) is 11.4. The van der Waals surface area contributed by atoms with E-state index in [0.717, 1.165) is 43.3 Å². The quantitative estimate of drug-likeness (QED) is 0.372. The molecule has 9 nitrogen and oxygen atoms in total. The molecule has 4 aliphatic rings. The van der Waals surface area contributed by atoms with Crippen molar-refractivity contribution in [2.45, 2.75) is 38.5 Å². The number of piperidine rings is 1. The van der Waals surface area contributed by atoms with Gasteiger partial charge in [-0.15, -0.1) is 12.6 Å². The molecule has 33 heavy (non-hydrogen) atoms. The van der Waals surface area contributed by atoms with Crippen molar-refractivity contribution in [2.75, 3.05) is 46.0 Å². The molecule has 0 saturated carbocycles. The van der Waals surface area contributed by atoms with Crippen molar-refractivity contribution in [3.8, 4) is 0 Å². The molecule has 2 amide bonds. The molecule has 3 heterocycles. The van der Waals surface area contributed by atoms with Gasteiger partial charge in [0.05, 0.1) is 36.6 Å². The number of fused-ring (bicyclic) bond motifs is 1. The van der Waals surface area contributed by atoms with E-state index in [2.05, 4.69) is 27.8 Å². The van der Waals surface area contributed by atoms with E-state index >= 15 is 0 Å². The predicted octanol–water partition coefficient (Wildman–Crippen LogP) is 0.837. The number of rotatable bonds is 7. The molecule has 3 fully saturated rings. The molecule has 0 bridgehead atoms. The van der Waals surface area contributed by atoms with Gasteiger partial charge in [-0.1, -0.05) is 6.08 Å². The lowest BCUT2D eigenvalue weighted by Crippen LogP contribution is -2.56. The van der Waals surface area contributed by atoms with Gasteiger partial charge in [0.25, 0.3) is 0 Å². The van der Waals surface area contributed by atoms with Gasteiger partial charge in [0.15, 0.2) is 0 Å². The molecule has 0 radical (unpaired) electrons. The summed E-state index contributed by atoms with van der Waals surface area (Å²) in [4.78, 5) is 33.2. The maximum atomic E-state index is 13.0. The fourth-order valence-corrected chi connectivity index (χ4v) is 4.84. The van der Waals surface area contributed by atoms with Crippen LogP contribution in [0, 0.1) is 5.92 Å². The number of carbonyl (C=O) groups excluding carboxylic acids is 2. The smallest absolute Gasteiger partial charge is 0.231 e. The van der Waals surface area contributed by atoms with E-state index in [9.17, 15) is 14.7 Å². The third kappa shape index (κ3) is 5.68. The number of carbonyl (C=O) groups is 2. The Morgan fingerprint density at radius 2 is 2.18 bits per heavy atom. The summed E-state index contributed by atoms with van der Waals surface area (Å²) in [6, 6.07) is -0.416. The van der Waals surface area contributed by atoms with Crippen LogP contribution < -0.4 is 5.32 Å². The molecule has 3 atom stereocenters. The molecule has 0 aromatic rings. The summed E-state index contributed by atoms with van der Waals surface area (Å²) >= 11 is 4.31. The second-order valence-electron chi connectivity index (χ2n) is 8.81. The van der Waals surface area contributed by atoms with E-state index in [4.69, 9.17) is 9.47 Å². The van der Waals surface area contributed by atoms with Gasteiger partial charge in [-0.2, -0.15) is 0 Å². The number of thiol groups is 1. The summed E-state index contributed by atoms with van der Waals surface area (Å²) in [5.74, 6) is 0.203. The summed E-state index contributed by atoms with van der Waals surface area (Å²) < 4.78 is 11.5. The number of morpholine rings is 1. The lowest BCUT2D eigenvalue weighted by Gasteiger charge is -2.35. The van der Waals surface area contributed by atoms with Crippen molar-refractivity contribution in [3.63, 3.8) is 0 Å². The van der Waals surface area contributed by atoms with Gasteiger partial charge in [-0.25, -0.2) is 0 Å². The number of likely N-dealkylation sites (tertiary alicyclic amines) is 1. The number of ether oxygens (including phenoxy) is 2. The van der Waals surface area contributed by atoms with Gasteiger partial charge in [0.2, 0.25) is 11.8 Å². The summed E-state index contributed by atoms with van der Waals surface area (Å²) in [6.45, 7) is 6.55. The van der Waals surface area contributed by atoms with Gasteiger partial charge < -0.3 is 24.8 Å². The van der Waals surface area contributed by atoms with Gasteiger partial charge in [-0.3, -0.25) is 19.5 Å². The van der Waals surface area contributed by atoms with Crippen molar-refractivity contribution in [1.82, 2.24) is 15.1 Å². The fraction of sp³-hybridized carbons (Fsp3) is 0.609. The number of aliphatic imine (C=N–C) groups is 1. The average Bonchev–Trinajstić information content (AvgIpc) is 3.15. The largest absolute Gasteiger partial charge is 0.488 e. The molecular weight excluding hydrogens is 444 g/mol. The number of hydrogen-bond donors (Lipinski definition) is 3. The maximum Gasteiger partial charge on any atom is 0.231 e. The molecule has 180 valence electrons. The van der Waals surface area contributed by atoms with Crippen molar-refractivity contribution < 1.29 is 24.2 Å². The van der Waals surface area contributed by atoms with E-state index in [-0.39, 0.29) is 17.7 Å². The Balaban J connectivity index is 1.39. The molecule has 4 rings (SSSR count). The summed E-state index contributed by atoms with van der Waals surface area (Å²) in [7, 11) is 0. The topological polar surface area (TPSA) is 104 Å². The molecule has 3 aliphatic heterocycles. The minimum absolute atomic E-state index is 0.0214. The number of allylic oxidation sites excluding steroid dienone is 2. The zero-order chi connectivity index (χ0) is 23.4. The zero-order valence-corrected chi connectivity index (χ0v) is 19.8.